The van der Waals surface area contributed by atoms with E-state index in [9.17, 15) is 18.0 Å². The minimum Gasteiger partial charge on any atom is -0.463 e. The molecular weight excluding hydrogens is 492 g/mol. The molecule has 2 aliphatic rings. The van der Waals surface area contributed by atoms with Crippen molar-refractivity contribution in [3.63, 3.8) is 0 Å². The highest BCUT2D eigenvalue weighted by Gasteiger charge is 2.38. The summed E-state index contributed by atoms with van der Waals surface area (Å²) in [4.78, 5) is 29.9. The van der Waals surface area contributed by atoms with E-state index in [4.69, 9.17) is 4.74 Å². The van der Waals surface area contributed by atoms with Crippen LogP contribution >= 0.6 is 0 Å². The average molecular weight is 527 g/mol. The summed E-state index contributed by atoms with van der Waals surface area (Å²) in [5, 5.41) is 2.93. The number of nitrogens with zero attached hydrogens (tertiary/aromatic N) is 3. The van der Waals surface area contributed by atoms with E-state index in [1.807, 2.05) is 38.1 Å². The highest BCUT2D eigenvalue weighted by Crippen LogP contribution is 2.32. The molecule has 37 heavy (non-hydrogen) atoms. The smallest absolute Gasteiger partial charge is 0.338 e. The second-order valence-electron chi connectivity index (χ2n) is 9.43. The van der Waals surface area contributed by atoms with Crippen molar-refractivity contribution < 1.29 is 22.7 Å². The number of urea groups is 1. The first-order chi connectivity index (χ1) is 17.6. The summed E-state index contributed by atoms with van der Waals surface area (Å²) in [5.74, 6) is -0.476. The van der Waals surface area contributed by atoms with Crippen LogP contribution in [0.25, 0.3) is 0 Å². The third-order valence-electron chi connectivity index (χ3n) is 6.85. The number of hydrogen-bond acceptors (Lipinski definition) is 6. The van der Waals surface area contributed by atoms with Crippen LogP contribution in [-0.4, -0.2) is 80.9 Å². The topological polar surface area (TPSA) is 99.3 Å². The van der Waals surface area contributed by atoms with E-state index in [1.165, 1.54) is 9.21 Å². The lowest BCUT2D eigenvalue weighted by molar-refractivity contribution is -0.139. The SMILES string of the molecule is CCOC(=O)C1=C(CN2CCN(S(=O)(=O)c3ccc(C)cc3)CC2)N(C)C(=O)N[C@H]1c1ccc(C)cc1. The maximum absolute atomic E-state index is 13.2. The predicted molar refractivity (Wildman–Crippen MR) is 140 cm³/mol. The number of aryl methyl sites for hydroxylation is 2. The molecule has 0 spiro atoms. The van der Waals surface area contributed by atoms with Crippen LogP contribution < -0.4 is 5.32 Å². The Labute approximate surface area is 218 Å². The van der Waals surface area contributed by atoms with Crippen molar-refractivity contribution >= 4 is 22.0 Å². The van der Waals surface area contributed by atoms with Crippen LogP contribution in [0.5, 0.6) is 0 Å². The first kappa shape index (κ1) is 26.8. The lowest BCUT2D eigenvalue weighted by Crippen LogP contribution is -2.53. The fourth-order valence-electron chi connectivity index (χ4n) is 4.61. The summed E-state index contributed by atoms with van der Waals surface area (Å²) < 4.78 is 33.1. The molecule has 9 nitrogen and oxygen atoms in total. The Balaban J connectivity index is 1.58. The van der Waals surface area contributed by atoms with Gasteiger partial charge in [-0.25, -0.2) is 18.0 Å². The van der Waals surface area contributed by atoms with Gasteiger partial charge in [0.1, 0.15) is 0 Å². The van der Waals surface area contributed by atoms with Crippen LogP contribution in [0.15, 0.2) is 64.7 Å². The highest BCUT2D eigenvalue weighted by atomic mass is 32.2. The highest BCUT2D eigenvalue weighted by molar-refractivity contribution is 7.89. The Kier molecular flexibility index (Phi) is 8.01. The number of ether oxygens (including phenoxy) is 1. The Bertz CT molecular complexity index is 1280. The van der Waals surface area contributed by atoms with Crippen LogP contribution in [0.1, 0.15) is 29.7 Å². The molecule has 1 N–H and O–H groups in total. The monoisotopic (exact) mass is 526 g/mol. The molecule has 0 radical (unpaired) electrons. The number of amides is 2. The predicted octanol–water partition coefficient (Wildman–Crippen LogP) is 2.82. The van der Waals surface area contributed by atoms with Crippen LogP contribution in [0, 0.1) is 13.8 Å². The zero-order valence-electron chi connectivity index (χ0n) is 21.7. The van der Waals surface area contributed by atoms with Crippen molar-refractivity contribution in [2.45, 2.75) is 31.7 Å². The molecule has 0 aliphatic carbocycles. The molecular formula is C27H34N4O5S. The van der Waals surface area contributed by atoms with E-state index in [0.29, 0.717) is 44.0 Å². The third kappa shape index (κ3) is 5.71. The van der Waals surface area contributed by atoms with E-state index in [1.54, 1.807) is 38.2 Å². The van der Waals surface area contributed by atoms with Gasteiger partial charge in [0.15, 0.2) is 0 Å². The molecule has 1 atom stereocenters. The zero-order chi connectivity index (χ0) is 26.7. The number of piperazine rings is 1. The van der Waals surface area contributed by atoms with Gasteiger partial charge in [0, 0.05) is 45.5 Å². The number of benzene rings is 2. The molecule has 0 saturated carbocycles. The van der Waals surface area contributed by atoms with Crippen LogP contribution in [0.3, 0.4) is 0 Å². The molecule has 2 amide bonds. The van der Waals surface area contributed by atoms with Crippen LogP contribution in [0.4, 0.5) is 4.79 Å². The number of hydrogen-bond donors (Lipinski definition) is 1. The van der Waals surface area contributed by atoms with Gasteiger partial charge in [0.2, 0.25) is 10.0 Å². The maximum atomic E-state index is 13.2. The molecule has 2 aliphatic heterocycles. The van der Waals surface area contributed by atoms with E-state index in [0.717, 1.165) is 16.7 Å². The molecule has 10 heteroatoms. The second-order valence-corrected chi connectivity index (χ2v) is 11.4. The van der Waals surface area contributed by atoms with E-state index >= 15 is 0 Å². The number of esters is 1. The van der Waals surface area contributed by atoms with E-state index in [2.05, 4.69) is 10.2 Å². The average Bonchev–Trinajstić information content (AvgIpc) is 2.88. The third-order valence-corrected chi connectivity index (χ3v) is 8.76. The fourth-order valence-corrected chi connectivity index (χ4v) is 6.03. The van der Waals surface area contributed by atoms with Gasteiger partial charge >= 0.3 is 12.0 Å². The Morgan fingerprint density at radius 2 is 1.54 bits per heavy atom. The molecule has 0 bridgehead atoms. The summed E-state index contributed by atoms with van der Waals surface area (Å²) in [5.41, 5.74) is 3.81. The van der Waals surface area contributed by atoms with Crippen molar-refractivity contribution in [1.82, 2.24) is 19.4 Å². The maximum Gasteiger partial charge on any atom is 0.338 e. The quantitative estimate of drug-likeness (QED) is 0.557. The van der Waals surface area contributed by atoms with Crippen molar-refractivity contribution in [1.29, 1.82) is 0 Å². The minimum atomic E-state index is -3.59. The molecule has 1 fully saturated rings. The Morgan fingerprint density at radius 1 is 0.973 bits per heavy atom. The molecule has 2 aromatic rings. The largest absolute Gasteiger partial charge is 0.463 e. The summed E-state index contributed by atoms with van der Waals surface area (Å²) in [6, 6.07) is 13.6. The van der Waals surface area contributed by atoms with Crippen molar-refractivity contribution in [3.05, 3.63) is 76.5 Å². The molecule has 2 aromatic carbocycles. The van der Waals surface area contributed by atoms with Crippen LogP contribution in [-0.2, 0) is 19.6 Å². The molecule has 1 saturated heterocycles. The lowest BCUT2D eigenvalue weighted by Gasteiger charge is -2.39. The summed E-state index contributed by atoms with van der Waals surface area (Å²) in [6.45, 7) is 7.74. The lowest BCUT2D eigenvalue weighted by atomic mass is 9.93. The van der Waals surface area contributed by atoms with Gasteiger partial charge < -0.3 is 10.1 Å². The van der Waals surface area contributed by atoms with Crippen molar-refractivity contribution in [3.8, 4) is 0 Å². The summed E-state index contributed by atoms with van der Waals surface area (Å²) in [7, 11) is -1.96. The van der Waals surface area contributed by atoms with Gasteiger partial charge in [0.05, 0.1) is 23.1 Å². The van der Waals surface area contributed by atoms with Gasteiger partial charge in [-0.3, -0.25) is 9.80 Å². The second kappa shape index (κ2) is 11.0. The molecule has 0 aromatic heterocycles. The molecule has 4 rings (SSSR count). The molecule has 0 unspecified atom stereocenters. The van der Waals surface area contributed by atoms with Crippen molar-refractivity contribution in [2.24, 2.45) is 0 Å². The number of sulfonamides is 1. The molecule has 2 heterocycles. The first-order valence-electron chi connectivity index (χ1n) is 12.4. The zero-order valence-corrected chi connectivity index (χ0v) is 22.5. The first-order valence-corrected chi connectivity index (χ1v) is 13.9. The number of carbonyl (C=O) groups is 2. The Hall–Kier alpha value is -3.21. The van der Waals surface area contributed by atoms with Gasteiger partial charge in [-0.2, -0.15) is 4.31 Å². The normalized spacial score (nSPS) is 19.6. The van der Waals surface area contributed by atoms with Gasteiger partial charge in [0.25, 0.3) is 0 Å². The standard InChI is InChI=1S/C27H34N4O5S/c1-5-36-26(32)24-23(29(4)27(33)28-25(24)21-10-6-19(2)7-11-21)18-30-14-16-31(17-15-30)37(34,35)22-12-8-20(3)9-13-22/h6-13,25H,5,14-18H2,1-4H3,(H,28,33)/t25-/m0/s1. The van der Waals surface area contributed by atoms with Gasteiger partial charge in [-0.05, 0) is 38.5 Å². The number of nitrogens with one attached hydrogen (secondary N) is 1. The number of carbonyl (C=O) groups excluding carboxylic acids is 2. The number of likely N-dealkylation sites (N-methyl/N-ethyl adjacent to an activating group) is 1. The summed E-state index contributed by atoms with van der Waals surface area (Å²) >= 11 is 0. The van der Waals surface area contributed by atoms with Crippen LogP contribution in [0.2, 0.25) is 0 Å². The fraction of sp³-hybridized carbons (Fsp3) is 0.407. The minimum absolute atomic E-state index is 0.212. The number of rotatable bonds is 7. The van der Waals surface area contributed by atoms with Crippen molar-refractivity contribution in [2.75, 3.05) is 46.4 Å². The van der Waals surface area contributed by atoms with Gasteiger partial charge in [-0.1, -0.05) is 47.5 Å². The summed E-state index contributed by atoms with van der Waals surface area (Å²) in [6.07, 6.45) is 0. The van der Waals surface area contributed by atoms with E-state index in [-0.39, 0.29) is 17.5 Å². The van der Waals surface area contributed by atoms with E-state index < -0.39 is 22.0 Å². The molecule has 198 valence electrons. The Morgan fingerprint density at radius 3 is 2.11 bits per heavy atom. The van der Waals surface area contributed by atoms with Gasteiger partial charge in [-0.15, -0.1) is 0 Å².